The lowest BCUT2D eigenvalue weighted by Gasteiger charge is -2.31. The molecule has 1 unspecified atom stereocenters. The Morgan fingerprint density at radius 3 is 2.63 bits per heavy atom. The fraction of sp³-hybridized carbons (Fsp3) is 0.571. The zero-order valence-electron chi connectivity index (χ0n) is 11.1. The fourth-order valence-electron chi connectivity index (χ4n) is 2.87. The summed E-state index contributed by atoms with van der Waals surface area (Å²) in [7, 11) is -3.27. The maximum Gasteiger partial charge on any atom is 0.186 e. The van der Waals surface area contributed by atoms with Gasteiger partial charge in [0.2, 0.25) is 0 Å². The first kappa shape index (κ1) is 13.1. The van der Waals surface area contributed by atoms with E-state index in [4.69, 9.17) is 4.74 Å². The number of benzene rings is 1. The van der Waals surface area contributed by atoms with E-state index in [-0.39, 0.29) is 10.8 Å². The second-order valence-corrected chi connectivity index (χ2v) is 7.76. The largest absolute Gasteiger partial charge is 0.379 e. The van der Waals surface area contributed by atoms with Crippen molar-refractivity contribution in [3.05, 3.63) is 29.8 Å². The molecule has 104 valence electrons. The molecule has 0 bridgehead atoms. The molecule has 0 radical (unpaired) electrons. The van der Waals surface area contributed by atoms with Crippen molar-refractivity contribution in [2.24, 2.45) is 0 Å². The lowest BCUT2D eigenvalue weighted by molar-refractivity contribution is 0.0415. The van der Waals surface area contributed by atoms with E-state index in [1.807, 2.05) is 12.1 Å². The summed E-state index contributed by atoms with van der Waals surface area (Å²) in [6.45, 7) is 3.67. The number of nitrogens with one attached hydrogen (secondary N) is 1. The third kappa shape index (κ3) is 2.10. The average molecular weight is 281 g/mol. The second kappa shape index (κ2) is 4.58. The Morgan fingerprint density at radius 1 is 1.32 bits per heavy atom. The van der Waals surface area contributed by atoms with Crippen molar-refractivity contribution in [2.45, 2.75) is 35.4 Å². The summed E-state index contributed by atoms with van der Waals surface area (Å²) in [5.74, 6) is 0. The third-order valence-corrected chi connectivity index (χ3v) is 6.32. The molecule has 1 aromatic rings. The Bertz CT molecular complexity index is 572. The van der Waals surface area contributed by atoms with Gasteiger partial charge in [0, 0.05) is 5.54 Å². The minimum Gasteiger partial charge on any atom is -0.379 e. The van der Waals surface area contributed by atoms with Crippen LogP contribution in [0.4, 0.5) is 0 Å². The molecule has 2 saturated heterocycles. The van der Waals surface area contributed by atoms with Gasteiger partial charge in [0.05, 0.1) is 18.1 Å². The first-order chi connectivity index (χ1) is 9.04. The molecule has 4 nitrogen and oxygen atoms in total. The zero-order chi connectivity index (χ0) is 13.5. The van der Waals surface area contributed by atoms with Crippen molar-refractivity contribution in [3.8, 4) is 0 Å². The van der Waals surface area contributed by atoms with E-state index >= 15 is 0 Å². The normalized spacial score (nSPS) is 28.3. The smallest absolute Gasteiger partial charge is 0.186 e. The van der Waals surface area contributed by atoms with Gasteiger partial charge < -0.3 is 10.1 Å². The van der Waals surface area contributed by atoms with Crippen molar-refractivity contribution in [2.75, 3.05) is 19.8 Å². The van der Waals surface area contributed by atoms with Gasteiger partial charge in [-0.25, -0.2) is 8.42 Å². The zero-order valence-corrected chi connectivity index (χ0v) is 11.9. The topological polar surface area (TPSA) is 55.4 Å². The van der Waals surface area contributed by atoms with Gasteiger partial charge in [-0.1, -0.05) is 18.2 Å². The standard InChI is InChI=1S/C14H19NO3S/c1-14(7-4-8-15-14)12-5-2-3-6-13(12)19(16,17)11-9-18-10-11/h2-3,5-6,11,15H,4,7-10H2,1H3. The van der Waals surface area contributed by atoms with Crippen LogP contribution in [0.15, 0.2) is 29.2 Å². The summed E-state index contributed by atoms with van der Waals surface area (Å²) in [6.07, 6.45) is 2.05. The molecular formula is C14H19NO3S. The van der Waals surface area contributed by atoms with E-state index in [1.165, 1.54) is 0 Å². The monoisotopic (exact) mass is 281 g/mol. The quantitative estimate of drug-likeness (QED) is 0.911. The molecule has 0 aromatic heterocycles. The number of rotatable bonds is 3. The minimum atomic E-state index is -3.27. The van der Waals surface area contributed by atoms with Gasteiger partial charge in [-0.3, -0.25) is 0 Å². The van der Waals surface area contributed by atoms with Crippen LogP contribution in [0.3, 0.4) is 0 Å². The lowest BCUT2D eigenvalue weighted by Crippen LogP contribution is -2.42. The summed E-state index contributed by atoms with van der Waals surface area (Å²) in [5, 5.41) is 3.06. The van der Waals surface area contributed by atoms with E-state index in [1.54, 1.807) is 12.1 Å². The van der Waals surface area contributed by atoms with Crippen LogP contribution in [0.1, 0.15) is 25.3 Å². The van der Waals surface area contributed by atoms with Crippen molar-refractivity contribution in [3.63, 3.8) is 0 Å². The summed E-state index contributed by atoms with van der Waals surface area (Å²) in [4.78, 5) is 0.472. The molecule has 0 spiro atoms. The molecule has 2 fully saturated rings. The highest BCUT2D eigenvalue weighted by Gasteiger charge is 2.39. The highest BCUT2D eigenvalue weighted by atomic mass is 32.2. The van der Waals surface area contributed by atoms with Gasteiger partial charge in [-0.05, 0) is 37.9 Å². The number of hydrogen-bond acceptors (Lipinski definition) is 4. The molecule has 1 aromatic carbocycles. The molecule has 2 aliphatic rings. The van der Waals surface area contributed by atoms with Crippen LogP contribution in [-0.4, -0.2) is 33.4 Å². The Balaban J connectivity index is 2.07. The Labute approximate surface area is 114 Å². The van der Waals surface area contributed by atoms with Gasteiger partial charge in [0.15, 0.2) is 9.84 Å². The van der Waals surface area contributed by atoms with Crippen LogP contribution < -0.4 is 5.32 Å². The predicted octanol–water partition coefficient (Wildman–Crippen LogP) is 1.46. The number of sulfone groups is 1. The van der Waals surface area contributed by atoms with Gasteiger partial charge in [-0.2, -0.15) is 0 Å². The number of hydrogen-bond donors (Lipinski definition) is 1. The lowest BCUT2D eigenvalue weighted by atomic mass is 9.90. The molecular weight excluding hydrogens is 262 g/mol. The molecule has 5 heteroatoms. The van der Waals surface area contributed by atoms with Crippen LogP contribution in [0.25, 0.3) is 0 Å². The maximum absolute atomic E-state index is 12.6. The molecule has 0 amide bonds. The summed E-state index contributed by atoms with van der Waals surface area (Å²) in [5.41, 5.74) is 0.674. The molecule has 1 N–H and O–H groups in total. The molecule has 2 aliphatic heterocycles. The SMILES string of the molecule is CC1(c2ccccc2S(=O)(=O)C2COC2)CCCN1. The molecule has 19 heavy (non-hydrogen) atoms. The van der Waals surface area contributed by atoms with Crippen molar-refractivity contribution in [1.82, 2.24) is 5.32 Å². The van der Waals surface area contributed by atoms with Crippen LogP contribution in [-0.2, 0) is 20.1 Å². The minimum absolute atomic E-state index is 0.228. The summed E-state index contributed by atoms with van der Waals surface area (Å²) < 4.78 is 30.3. The van der Waals surface area contributed by atoms with Gasteiger partial charge in [-0.15, -0.1) is 0 Å². The van der Waals surface area contributed by atoms with Crippen LogP contribution in [0, 0.1) is 0 Å². The van der Waals surface area contributed by atoms with Crippen molar-refractivity contribution in [1.29, 1.82) is 0 Å². The van der Waals surface area contributed by atoms with E-state index < -0.39 is 9.84 Å². The molecule has 3 rings (SSSR count). The molecule has 0 saturated carbocycles. The highest BCUT2D eigenvalue weighted by molar-refractivity contribution is 7.92. The molecule has 2 heterocycles. The van der Waals surface area contributed by atoms with Crippen molar-refractivity contribution < 1.29 is 13.2 Å². The third-order valence-electron chi connectivity index (χ3n) is 4.20. The van der Waals surface area contributed by atoms with Gasteiger partial charge in [0.25, 0.3) is 0 Å². The van der Waals surface area contributed by atoms with E-state index in [0.717, 1.165) is 24.9 Å². The number of ether oxygens (including phenoxy) is 1. The van der Waals surface area contributed by atoms with Crippen LogP contribution >= 0.6 is 0 Å². The predicted molar refractivity (Wildman–Crippen MR) is 72.8 cm³/mol. The van der Waals surface area contributed by atoms with Crippen LogP contribution in [0.5, 0.6) is 0 Å². The fourth-order valence-corrected chi connectivity index (χ4v) is 4.65. The van der Waals surface area contributed by atoms with E-state index in [0.29, 0.717) is 18.1 Å². The van der Waals surface area contributed by atoms with Crippen LogP contribution in [0.2, 0.25) is 0 Å². The van der Waals surface area contributed by atoms with Crippen molar-refractivity contribution >= 4 is 9.84 Å². The summed E-state index contributed by atoms with van der Waals surface area (Å²) in [6, 6.07) is 7.38. The Hall–Kier alpha value is -0.910. The van der Waals surface area contributed by atoms with E-state index in [9.17, 15) is 8.42 Å². The molecule has 1 atom stereocenters. The highest BCUT2D eigenvalue weighted by Crippen LogP contribution is 2.36. The van der Waals surface area contributed by atoms with E-state index in [2.05, 4.69) is 12.2 Å². The Kier molecular flexibility index (Phi) is 3.15. The maximum atomic E-state index is 12.6. The Morgan fingerprint density at radius 2 is 2.05 bits per heavy atom. The molecule has 0 aliphatic carbocycles. The first-order valence-corrected chi connectivity index (χ1v) is 8.25. The van der Waals surface area contributed by atoms with Gasteiger partial charge in [0.1, 0.15) is 5.25 Å². The average Bonchev–Trinajstić information content (AvgIpc) is 2.75. The first-order valence-electron chi connectivity index (χ1n) is 6.70. The second-order valence-electron chi connectivity index (χ2n) is 5.56. The van der Waals surface area contributed by atoms with Gasteiger partial charge >= 0.3 is 0 Å². The summed E-state index contributed by atoms with van der Waals surface area (Å²) >= 11 is 0.